The van der Waals surface area contributed by atoms with Crippen LogP contribution in [0.5, 0.6) is 0 Å². The molecule has 1 heterocycles. The Balaban J connectivity index is 2.46. The van der Waals surface area contributed by atoms with E-state index < -0.39 is 0 Å². The minimum absolute atomic E-state index is 0.00403. The molecule has 58 valence electrons. The fourth-order valence-electron chi connectivity index (χ4n) is 1.10. The standard InChI is InChI=1S/C7H14N2O/c1-5-2-3-6(8)7(10)9-4-5/h5-6H,2-4,8H2,1H3,(H,9,10)/t5-,6-/m0/s1. The summed E-state index contributed by atoms with van der Waals surface area (Å²) >= 11 is 0. The molecular formula is C7H14N2O. The van der Waals surface area contributed by atoms with Crippen LogP contribution in [-0.4, -0.2) is 18.5 Å². The molecule has 0 unspecified atom stereocenters. The summed E-state index contributed by atoms with van der Waals surface area (Å²) < 4.78 is 0. The van der Waals surface area contributed by atoms with Crippen LogP contribution < -0.4 is 11.1 Å². The van der Waals surface area contributed by atoms with Gasteiger partial charge in [-0.1, -0.05) is 6.92 Å². The van der Waals surface area contributed by atoms with Gasteiger partial charge in [0.2, 0.25) is 5.91 Å². The SMILES string of the molecule is C[C@H]1CC[C@H](N)C(=O)NC1. The first-order chi connectivity index (χ1) is 4.70. The van der Waals surface area contributed by atoms with Crippen LogP contribution in [0.1, 0.15) is 19.8 Å². The van der Waals surface area contributed by atoms with Crippen molar-refractivity contribution < 1.29 is 4.79 Å². The van der Waals surface area contributed by atoms with Crippen LogP contribution in [0.4, 0.5) is 0 Å². The Morgan fingerprint density at radius 2 is 2.30 bits per heavy atom. The molecule has 0 spiro atoms. The minimum Gasteiger partial charge on any atom is -0.354 e. The summed E-state index contributed by atoms with van der Waals surface area (Å²) in [6, 6.07) is -0.273. The van der Waals surface area contributed by atoms with Gasteiger partial charge in [0.25, 0.3) is 0 Å². The Morgan fingerprint density at radius 1 is 1.60 bits per heavy atom. The third-order valence-electron chi connectivity index (χ3n) is 1.93. The molecule has 1 saturated heterocycles. The first-order valence-corrected chi connectivity index (χ1v) is 3.73. The molecule has 1 aliphatic rings. The third-order valence-corrected chi connectivity index (χ3v) is 1.93. The molecule has 0 aromatic heterocycles. The highest BCUT2D eigenvalue weighted by Crippen LogP contribution is 2.09. The van der Waals surface area contributed by atoms with Gasteiger partial charge in [-0.3, -0.25) is 4.79 Å². The van der Waals surface area contributed by atoms with Crippen molar-refractivity contribution in [1.82, 2.24) is 5.32 Å². The van der Waals surface area contributed by atoms with Gasteiger partial charge in [0.1, 0.15) is 0 Å². The second kappa shape index (κ2) is 3.01. The summed E-state index contributed by atoms with van der Waals surface area (Å²) in [7, 11) is 0. The average molecular weight is 142 g/mol. The summed E-state index contributed by atoms with van der Waals surface area (Å²) in [4.78, 5) is 10.9. The van der Waals surface area contributed by atoms with Gasteiger partial charge in [0.15, 0.2) is 0 Å². The number of nitrogens with two attached hydrogens (primary N) is 1. The maximum absolute atomic E-state index is 10.9. The zero-order valence-corrected chi connectivity index (χ0v) is 6.26. The van der Waals surface area contributed by atoms with Crippen LogP contribution >= 0.6 is 0 Å². The van der Waals surface area contributed by atoms with Crippen molar-refractivity contribution in [2.75, 3.05) is 6.54 Å². The molecule has 1 amide bonds. The van der Waals surface area contributed by atoms with E-state index in [1.807, 2.05) is 0 Å². The van der Waals surface area contributed by atoms with Crippen molar-refractivity contribution in [3.8, 4) is 0 Å². The van der Waals surface area contributed by atoms with Gasteiger partial charge < -0.3 is 11.1 Å². The Hall–Kier alpha value is -0.570. The van der Waals surface area contributed by atoms with E-state index in [9.17, 15) is 4.79 Å². The zero-order valence-electron chi connectivity index (χ0n) is 6.26. The number of carbonyl (C=O) groups excluding carboxylic acids is 1. The molecule has 0 radical (unpaired) electrons. The lowest BCUT2D eigenvalue weighted by atomic mass is 10.0. The second-order valence-corrected chi connectivity index (χ2v) is 3.03. The molecule has 3 nitrogen and oxygen atoms in total. The maximum atomic E-state index is 10.9. The zero-order chi connectivity index (χ0) is 7.56. The number of hydrogen-bond donors (Lipinski definition) is 2. The molecule has 0 bridgehead atoms. The van der Waals surface area contributed by atoms with Crippen molar-refractivity contribution in [1.29, 1.82) is 0 Å². The molecule has 0 aromatic carbocycles. The molecule has 0 saturated carbocycles. The summed E-state index contributed by atoms with van der Waals surface area (Å²) in [5.74, 6) is 0.585. The van der Waals surface area contributed by atoms with Crippen LogP contribution in [-0.2, 0) is 4.79 Å². The molecule has 1 fully saturated rings. The van der Waals surface area contributed by atoms with E-state index in [4.69, 9.17) is 5.73 Å². The fourth-order valence-corrected chi connectivity index (χ4v) is 1.10. The lowest BCUT2D eigenvalue weighted by Crippen LogP contribution is -2.38. The quantitative estimate of drug-likeness (QED) is 0.494. The van der Waals surface area contributed by atoms with Crippen molar-refractivity contribution in [3.05, 3.63) is 0 Å². The van der Waals surface area contributed by atoms with E-state index in [0.717, 1.165) is 19.4 Å². The van der Waals surface area contributed by atoms with Crippen LogP contribution in [0.2, 0.25) is 0 Å². The largest absolute Gasteiger partial charge is 0.354 e. The average Bonchev–Trinajstić information content (AvgIpc) is 2.04. The molecule has 10 heavy (non-hydrogen) atoms. The van der Waals surface area contributed by atoms with Crippen LogP contribution in [0.25, 0.3) is 0 Å². The predicted molar refractivity (Wildman–Crippen MR) is 39.4 cm³/mol. The monoisotopic (exact) mass is 142 g/mol. The topological polar surface area (TPSA) is 55.1 Å². The molecule has 1 aliphatic heterocycles. The van der Waals surface area contributed by atoms with Crippen LogP contribution in [0.3, 0.4) is 0 Å². The van der Waals surface area contributed by atoms with E-state index >= 15 is 0 Å². The molecule has 1 rings (SSSR count). The minimum atomic E-state index is -0.273. The lowest BCUT2D eigenvalue weighted by Gasteiger charge is -2.04. The van der Waals surface area contributed by atoms with Gasteiger partial charge in [-0.25, -0.2) is 0 Å². The first kappa shape index (κ1) is 7.54. The van der Waals surface area contributed by atoms with Gasteiger partial charge in [-0.2, -0.15) is 0 Å². The smallest absolute Gasteiger partial charge is 0.236 e. The van der Waals surface area contributed by atoms with Gasteiger partial charge in [-0.05, 0) is 18.8 Å². The highest BCUT2D eigenvalue weighted by atomic mass is 16.2. The van der Waals surface area contributed by atoms with Gasteiger partial charge in [0.05, 0.1) is 6.04 Å². The summed E-state index contributed by atoms with van der Waals surface area (Å²) in [6.07, 6.45) is 1.88. The number of nitrogens with one attached hydrogen (secondary N) is 1. The fraction of sp³-hybridized carbons (Fsp3) is 0.857. The van der Waals surface area contributed by atoms with Crippen LogP contribution in [0, 0.1) is 5.92 Å². The summed E-state index contributed by atoms with van der Waals surface area (Å²) in [5.41, 5.74) is 5.53. The maximum Gasteiger partial charge on any atom is 0.236 e. The van der Waals surface area contributed by atoms with Gasteiger partial charge in [0, 0.05) is 6.54 Å². The molecule has 3 N–H and O–H groups in total. The second-order valence-electron chi connectivity index (χ2n) is 3.03. The van der Waals surface area contributed by atoms with E-state index in [2.05, 4.69) is 12.2 Å². The molecule has 3 heteroatoms. The van der Waals surface area contributed by atoms with Gasteiger partial charge >= 0.3 is 0 Å². The van der Waals surface area contributed by atoms with Gasteiger partial charge in [-0.15, -0.1) is 0 Å². The Morgan fingerprint density at radius 3 is 3.00 bits per heavy atom. The highest BCUT2D eigenvalue weighted by Gasteiger charge is 2.18. The van der Waals surface area contributed by atoms with E-state index in [1.165, 1.54) is 0 Å². The third kappa shape index (κ3) is 1.70. The number of hydrogen-bond acceptors (Lipinski definition) is 2. The molecule has 0 aliphatic carbocycles. The normalized spacial score (nSPS) is 34.8. The van der Waals surface area contributed by atoms with Crippen LogP contribution in [0.15, 0.2) is 0 Å². The van der Waals surface area contributed by atoms with E-state index in [0.29, 0.717) is 5.92 Å². The summed E-state index contributed by atoms with van der Waals surface area (Å²) in [5, 5.41) is 2.78. The predicted octanol–water partition coefficient (Wildman–Crippen LogP) is -0.140. The first-order valence-electron chi connectivity index (χ1n) is 3.73. The van der Waals surface area contributed by atoms with Crippen molar-refractivity contribution in [2.45, 2.75) is 25.8 Å². The number of amides is 1. The van der Waals surface area contributed by atoms with Crippen molar-refractivity contribution in [2.24, 2.45) is 11.7 Å². The van der Waals surface area contributed by atoms with Crippen molar-refractivity contribution in [3.63, 3.8) is 0 Å². The summed E-state index contributed by atoms with van der Waals surface area (Å²) in [6.45, 7) is 2.91. The van der Waals surface area contributed by atoms with E-state index in [-0.39, 0.29) is 11.9 Å². The Bertz CT molecular complexity index is 136. The van der Waals surface area contributed by atoms with Crippen molar-refractivity contribution >= 4 is 5.91 Å². The lowest BCUT2D eigenvalue weighted by molar-refractivity contribution is -0.122. The molecule has 0 aromatic rings. The Kier molecular flexibility index (Phi) is 2.27. The highest BCUT2D eigenvalue weighted by molar-refractivity contribution is 5.81. The number of rotatable bonds is 0. The van der Waals surface area contributed by atoms with E-state index in [1.54, 1.807) is 0 Å². The Labute approximate surface area is 61.0 Å². The molecule has 2 atom stereocenters. The number of carbonyl (C=O) groups is 1. The molecular weight excluding hydrogens is 128 g/mol.